The van der Waals surface area contributed by atoms with Crippen LogP contribution < -0.4 is 10.1 Å². The van der Waals surface area contributed by atoms with Gasteiger partial charge in [-0.05, 0) is 38.4 Å². The Morgan fingerprint density at radius 3 is 3.05 bits per heavy atom. The molecule has 4 nitrogen and oxygen atoms in total. The first kappa shape index (κ1) is 15.8. The summed E-state index contributed by atoms with van der Waals surface area (Å²) < 4.78 is 18.7. The summed E-state index contributed by atoms with van der Waals surface area (Å²) in [6.45, 7) is 1.98. The minimum absolute atomic E-state index is 0.159. The van der Waals surface area contributed by atoms with E-state index in [0.29, 0.717) is 25.5 Å². The summed E-state index contributed by atoms with van der Waals surface area (Å²) in [5.74, 6) is 0.0435. The lowest BCUT2D eigenvalue weighted by molar-refractivity contribution is -0.132. The first-order chi connectivity index (χ1) is 10.2. The SMILES string of the molecule is CN[C@@H]1CCCN(C(=O)CCCOc2ccccc2F)C1. The van der Waals surface area contributed by atoms with Crippen molar-refractivity contribution in [3.63, 3.8) is 0 Å². The van der Waals surface area contributed by atoms with Crippen LogP contribution in [0.5, 0.6) is 5.75 Å². The number of likely N-dealkylation sites (N-methyl/N-ethyl adjacent to an activating group) is 1. The normalized spacial score (nSPS) is 18.6. The molecule has 1 N–H and O–H groups in total. The monoisotopic (exact) mass is 294 g/mol. The molecule has 1 aliphatic heterocycles. The molecule has 1 fully saturated rings. The summed E-state index contributed by atoms with van der Waals surface area (Å²) in [6.07, 6.45) is 3.22. The van der Waals surface area contributed by atoms with Crippen molar-refractivity contribution < 1.29 is 13.9 Å². The van der Waals surface area contributed by atoms with E-state index < -0.39 is 0 Å². The van der Waals surface area contributed by atoms with E-state index in [1.54, 1.807) is 18.2 Å². The number of hydrogen-bond acceptors (Lipinski definition) is 3. The Hall–Kier alpha value is -1.62. The zero-order chi connectivity index (χ0) is 15.1. The molecule has 2 rings (SSSR count). The molecule has 1 aromatic carbocycles. The van der Waals surface area contributed by atoms with E-state index in [1.807, 2.05) is 11.9 Å². The molecule has 0 aliphatic carbocycles. The van der Waals surface area contributed by atoms with Crippen LogP contribution in [0.4, 0.5) is 4.39 Å². The van der Waals surface area contributed by atoms with Gasteiger partial charge in [-0.3, -0.25) is 4.79 Å². The van der Waals surface area contributed by atoms with Crippen LogP contribution in [0, 0.1) is 5.82 Å². The largest absolute Gasteiger partial charge is 0.491 e. The van der Waals surface area contributed by atoms with Crippen LogP contribution in [0.2, 0.25) is 0 Å². The van der Waals surface area contributed by atoms with Crippen molar-refractivity contribution in [3.8, 4) is 5.75 Å². The minimum atomic E-state index is -0.364. The van der Waals surface area contributed by atoms with E-state index in [9.17, 15) is 9.18 Å². The minimum Gasteiger partial charge on any atom is -0.491 e. The van der Waals surface area contributed by atoms with Gasteiger partial charge in [0.05, 0.1) is 6.61 Å². The molecule has 1 amide bonds. The molecular weight excluding hydrogens is 271 g/mol. The lowest BCUT2D eigenvalue weighted by atomic mass is 10.1. The zero-order valence-corrected chi connectivity index (χ0v) is 12.5. The van der Waals surface area contributed by atoms with Gasteiger partial charge in [0.1, 0.15) is 0 Å². The van der Waals surface area contributed by atoms with Gasteiger partial charge in [-0.25, -0.2) is 4.39 Å². The lowest BCUT2D eigenvalue weighted by Crippen LogP contribution is -2.46. The first-order valence-electron chi connectivity index (χ1n) is 7.53. The zero-order valence-electron chi connectivity index (χ0n) is 12.5. The fourth-order valence-corrected chi connectivity index (χ4v) is 2.56. The maximum Gasteiger partial charge on any atom is 0.222 e. The number of ether oxygens (including phenoxy) is 1. The molecule has 0 aromatic heterocycles. The van der Waals surface area contributed by atoms with Crippen LogP contribution in [0.1, 0.15) is 25.7 Å². The molecule has 1 saturated heterocycles. The van der Waals surface area contributed by atoms with E-state index in [0.717, 1.165) is 25.9 Å². The third-order valence-electron chi connectivity index (χ3n) is 3.81. The number of nitrogens with one attached hydrogen (secondary N) is 1. The fraction of sp³-hybridized carbons (Fsp3) is 0.562. The van der Waals surface area contributed by atoms with Crippen molar-refractivity contribution in [1.82, 2.24) is 10.2 Å². The van der Waals surface area contributed by atoms with E-state index in [-0.39, 0.29) is 17.5 Å². The number of carbonyl (C=O) groups is 1. The standard InChI is InChI=1S/C16H23FN2O2/c1-18-13-6-4-10-19(12-13)16(20)9-5-11-21-15-8-3-2-7-14(15)17/h2-3,7-8,13,18H,4-6,9-12H2,1H3/t13-/m1/s1. The summed E-state index contributed by atoms with van der Waals surface area (Å²) >= 11 is 0. The number of benzene rings is 1. The van der Waals surface area contributed by atoms with Crippen molar-refractivity contribution in [1.29, 1.82) is 0 Å². The molecule has 21 heavy (non-hydrogen) atoms. The third kappa shape index (κ3) is 4.70. The quantitative estimate of drug-likeness (QED) is 0.818. The van der Waals surface area contributed by atoms with E-state index in [4.69, 9.17) is 4.74 Å². The highest BCUT2D eigenvalue weighted by Gasteiger charge is 2.21. The average molecular weight is 294 g/mol. The number of rotatable bonds is 6. The molecule has 1 aromatic rings. The highest BCUT2D eigenvalue weighted by atomic mass is 19.1. The van der Waals surface area contributed by atoms with Crippen LogP contribution in [0.3, 0.4) is 0 Å². The number of para-hydroxylation sites is 1. The van der Waals surface area contributed by atoms with Gasteiger partial charge in [-0.2, -0.15) is 0 Å². The van der Waals surface area contributed by atoms with Gasteiger partial charge in [0.25, 0.3) is 0 Å². The first-order valence-corrected chi connectivity index (χ1v) is 7.53. The Bertz CT molecular complexity index is 467. The number of amides is 1. The highest BCUT2D eigenvalue weighted by Crippen LogP contribution is 2.16. The molecule has 0 saturated carbocycles. The van der Waals surface area contributed by atoms with Gasteiger partial charge in [0.15, 0.2) is 11.6 Å². The maximum absolute atomic E-state index is 13.3. The molecule has 1 heterocycles. The van der Waals surface area contributed by atoms with Crippen LogP contribution in [0.25, 0.3) is 0 Å². The van der Waals surface area contributed by atoms with Gasteiger partial charge in [-0.1, -0.05) is 12.1 Å². The lowest BCUT2D eigenvalue weighted by Gasteiger charge is -2.32. The molecule has 1 aliphatic rings. The summed E-state index contributed by atoms with van der Waals surface area (Å²) in [7, 11) is 1.93. The second kappa shape index (κ2) is 7.98. The van der Waals surface area contributed by atoms with Crippen molar-refractivity contribution in [2.24, 2.45) is 0 Å². The summed E-state index contributed by atoms with van der Waals surface area (Å²) in [5, 5.41) is 3.22. The highest BCUT2D eigenvalue weighted by molar-refractivity contribution is 5.76. The maximum atomic E-state index is 13.3. The van der Waals surface area contributed by atoms with E-state index >= 15 is 0 Å². The Morgan fingerprint density at radius 2 is 2.29 bits per heavy atom. The summed E-state index contributed by atoms with van der Waals surface area (Å²) in [4.78, 5) is 14.0. The van der Waals surface area contributed by atoms with E-state index in [1.165, 1.54) is 6.07 Å². The Labute approximate surface area is 125 Å². The van der Waals surface area contributed by atoms with Crippen molar-refractivity contribution in [2.75, 3.05) is 26.7 Å². The third-order valence-corrected chi connectivity index (χ3v) is 3.81. The predicted octanol–water partition coefficient (Wildman–Crippen LogP) is 2.20. The number of hydrogen-bond donors (Lipinski definition) is 1. The molecule has 1 atom stereocenters. The second-order valence-electron chi connectivity index (χ2n) is 5.35. The molecule has 0 radical (unpaired) electrons. The van der Waals surface area contributed by atoms with Gasteiger partial charge in [0, 0.05) is 25.6 Å². The topological polar surface area (TPSA) is 41.6 Å². The smallest absolute Gasteiger partial charge is 0.222 e. The molecule has 5 heteroatoms. The van der Waals surface area contributed by atoms with Gasteiger partial charge in [0.2, 0.25) is 5.91 Å². The predicted molar refractivity (Wildman–Crippen MR) is 79.8 cm³/mol. The molecular formula is C16H23FN2O2. The number of piperidine rings is 1. The van der Waals surface area contributed by atoms with Crippen molar-refractivity contribution >= 4 is 5.91 Å². The molecule has 0 bridgehead atoms. The Kier molecular flexibility index (Phi) is 5.99. The van der Waals surface area contributed by atoms with Gasteiger partial charge in [-0.15, -0.1) is 0 Å². The van der Waals surface area contributed by atoms with Gasteiger partial charge >= 0.3 is 0 Å². The fourth-order valence-electron chi connectivity index (χ4n) is 2.56. The number of likely N-dealkylation sites (tertiary alicyclic amines) is 1. The second-order valence-corrected chi connectivity index (χ2v) is 5.35. The van der Waals surface area contributed by atoms with Crippen LogP contribution in [-0.4, -0.2) is 43.6 Å². The molecule has 0 unspecified atom stereocenters. The number of nitrogens with zero attached hydrogens (tertiary/aromatic N) is 1. The molecule has 0 spiro atoms. The average Bonchev–Trinajstić information content (AvgIpc) is 2.53. The number of halogens is 1. The van der Waals surface area contributed by atoms with Gasteiger partial charge < -0.3 is 15.0 Å². The van der Waals surface area contributed by atoms with Crippen LogP contribution >= 0.6 is 0 Å². The van der Waals surface area contributed by atoms with E-state index in [2.05, 4.69) is 5.32 Å². The van der Waals surface area contributed by atoms with Crippen LogP contribution in [0.15, 0.2) is 24.3 Å². The van der Waals surface area contributed by atoms with Crippen molar-refractivity contribution in [2.45, 2.75) is 31.7 Å². The van der Waals surface area contributed by atoms with Crippen molar-refractivity contribution in [3.05, 3.63) is 30.1 Å². The van der Waals surface area contributed by atoms with Crippen LogP contribution in [-0.2, 0) is 4.79 Å². The molecule has 116 valence electrons. The Balaban J connectivity index is 1.68. The number of carbonyl (C=O) groups excluding carboxylic acids is 1. The summed E-state index contributed by atoms with van der Waals surface area (Å²) in [6, 6.07) is 6.72. The summed E-state index contributed by atoms with van der Waals surface area (Å²) in [5.41, 5.74) is 0. The Morgan fingerprint density at radius 1 is 1.48 bits per heavy atom.